The predicted molar refractivity (Wildman–Crippen MR) is 59.0 cm³/mol. The average molecular weight is 224 g/mol. The lowest BCUT2D eigenvalue weighted by Gasteiger charge is -2.06. The zero-order valence-corrected chi connectivity index (χ0v) is 9.16. The molecule has 86 valence electrons. The molecule has 0 aliphatic rings. The molecule has 1 rings (SSSR count). The number of hydrazone groups is 1. The lowest BCUT2D eigenvalue weighted by Crippen LogP contribution is -2.19. The Morgan fingerprint density at radius 3 is 2.62 bits per heavy atom. The fourth-order valence-electron chi connectivity index (χ4n) is 1.09. The monoisotopic (exact) mass is 224 g/mol. The zero-order chi connectivity index (χ0) is 12.3. The molecule has 1 aromatic heterocycles. The number of carbonyl (C=O) groups is 1. The number of carboxylic acid groups (broad SMARTS) is 1. The molecule has 0 spiro atoms. The van der Waals surface area contributed by atoms with E-state index >= 15 is 0 Å². The Morgan fingerprint density at radius 2 is 2.12 bits per heavy atom. The van der Waals surface area contributed by atoms with Crippen LogP contribution in [-0.2, 0) is 0 Å². The topological polar surface area (TPSA) is 107 Å². The van der Waals surface area contributed by atoms with Crippen LogP contribution < -0.4 is 11.1 Å². The van der Waals surface area contributed by atoms with Gasteiger partial charge >= 0.3 is 11.7 Å². The van der Waals surface area contributed by atoms with Crippen LogP contribution in [0.5, 0.6) is 0 Å². The van der Waals surface area contributed by atoms with Gasteiger partial charge in [-0.15, -0.1) is 0 Å². The third kappa shape index (κ3) is 2.66. The molecular formula is C9H12N4O3. The first-order valence-corrected chi connectivity index (χ1v) is 4.53. The van der Waals surface area contributed by atoms with E-state index in [1.54, 1.807) is 13.8 Å². The highest BCUT2D eigenvalue weighted by atomic mass is 16.4. The Balaban J connectivity index is 3.30. The van der Waals surface area contributed by atoms with E-state index in [1.165, 1.54) is 6.92 Å². The number of aryl methyl sites for hydroxylation is 1. The van der Waals surface area contributed by atoms with Crippen molar-refractivity contribution in [2.24, 2.45) is 5.10 Å². The van der Waals surface area contributed by atoms with Crippen molar-refractivity contribution in [2.45, 2.75) is 20.8 Å². The normalized spacial score (nSPS) is 9.69. The zero-order valence-electron chi connectivity index (χ0n) is 9.16. The van der Waals surface area contributed by atoms with Crippen LogP contribution in [0.3, 0.4) is 0 Å². The number of nitrogens with one attached hydrogen (secondary N) is 2. The van der Waals surface area contributed by atoms with Crippen molar-refractivity contribution in [2.75, 3.05) is 5.43 Å². The summed E-state index contributed by atoms with van der Waals surface area (Å²) in [5.74, 6) is -1.23. The highest BCUT2D eigenvalue weighted by Gasteiger charge is 2.15. The van der Waals surface area contributed by atoms with E-state index in [-0.39, 0.29) is 17.1 Å². The molecule has 0 atom stereocenters. The predicted octanol–water partition coefficient (Wildman–Crippen LogP) is 0.584. The van der Waals surface area contributed by atoms with Gasteiger partial charge in [0.15, 0.2) is 5.82 Å². The fraction of sp³-hybridized carbons (Fsp3) is 0.333. The van der Waals surface area contributed by atoms with Crippen molar-refractivity contribution in [3.8, 4) is 0 Å². The number of H-pyrrole nitrogens is 1. The quantitative estimate of drug-likeness (QED) is 0.514. The third-order valence-corrected chi connectivity index (χ3v) is 1.72. The molecule has 0 saturated heterocycles. The minimum Gasteiger partial charge on any atom is -0.477 e. The van der Waals surface area contributed by atoms with Gasteiger partial charge in [-0.2, -0.15) is 10.1 Å². The van der Waals surface area contributed by atoms with Crippen molar-refractivity contribution in [1.29, 1.82) is 0 Å². The molecule has 0 aromatic carbocycles. The molecule has 1 heterocycles. The molecule has 3 N–H and O–H groups in total. The van der Waals surface area contributed by atoms with Gasteiger partial charge in [-0.25, -0.2) is 9.59 Å². The SMILES string of the molecule is CC(C)=NNc1nc(=O)[nH]c(C)c1C(=O)O. The largest absolute Gasteiger partial charge is 0.477 e. The molecule has 0 aliphatic carbocycles. The highest BCUT2D eigenvalue weighted by Crippen LogP contribution is 2.12. The first kappa shape index (κ1) is 11.9. The standard InChI is InChI=1S/C9H12N4O3/c1-4(2)12-13-7-6(8(14)15)5(3)10-9(16)11-7/h1-3H3,(H,14,15)(H2,10,11,13,16). The van der Waals surface area contributed by atoms with Gasteiger partial charge in [0.1, 0.15) is 5.56 Å². The van der Waals surface area contributed by atoms with E-state index in [1.807, 2.05) is 0 Å². The number of hydrogen-bond donors (Lipinski definition) is 3. The summed E-state index contributed by atoms with van der Waals surface area (Å²) in [6.07, 6.45) is 0. The number of carboxylic acids is 1. The van der Waals surface area contributed by atoms with Crippen molar-refractivity contribution in [3.63, 3.8) is 0 Å². The summed E-state index contributed by atoms with van der Waals surface area (Å²) in [5.41, 5.74) is 2.67. The Kier molecular flexibility index (Phi) is 3.39. The summed E-state index contributed by atoms with van der Waals surface area (Å²) < 4.78 is 0. The summed E-state index contributed by atoms with van der Waals surface area (Å²) in [6, 6.07) is 0. The maximum absolute atomic E-state index is 11.1. The second kappa shape index (κ2) is 4.56. The number of hydrogen-bond acceptors (Lipinski definition) is 5. The second-order valence-electron chi connectivity index (χ2n) is 3.37. The van der Waals surface area contributed by atoms with Crippen molar-refractivity contribution >= 4 is 17.5 Å². The highest BCUT2D eigenvalue weighted by molar-refractivity contribution is 5.94. The molecule has 7 nitrogen and oxygen atoms in total. The van der Waals surface area contributed by atoms with Crippen LogP contribution in [0.25, 0.3) is 0 Å². The molecule has 0 amide bonds. The van der Waals surface area contributed by atoms with Crippen molar-refractivity contribution in [3.05, 3.63) is 21.7 Å². The maximum Gasteiger partial charge on any atom is 0.347 e. The van der Waals surface area contributed by atoms with Gasteiger partial charge in [0.05, 0.1) is 0 Å². The number of nitrogens with zero attached hydrogens (tertiary/aromatic N) is 2. The van der Waals surface area contributed by atoms with Crippen LogP contribution in [0.2, 0.25) is 0 Å². The van der Waals surface area contributed by atoms with Gasteiger partial charge in [0, 0.05) is 11.4 Å². The maximum atomic E-state index is 11.1. The number of aromatic amines is 1. The van der Waals surface area contributed by atoms with Gasteiger partial charge in [-0.05, 0) is 20.8 Å². The van der Waals surface area contributed by atoms with Gasteiger partial charge < -0.3 is 10.1 Å². The smallest absolute Gasteiger partial charge is 0.347 e. The van der Waals surface area contributed by atoms with Crippen molar-refractivity contribution in [1.82, 2.24) is 9.97 Å². The van der Waals surface area contributed by atoms with Crippen molar-refractivity contribution < 1.29 is 9.90 Å². The van der Waals surface area contributed by atoms with E-state index in [2.05, 4.69) is 20.5 Å². The Morgan fingerprint density at radius 1 is 1.50 bits per heavy atom. The van der Waals surface area contributed by atoms with E-state index < -0.39 is 11.7 Å². The number of anilines is 1. The second-order valence-corrected chi connectivity index (χ2v) is 3.37. The molecule has 1 aromatic rings. The van der Waals surface area contributed by atoms with Crippen LogP contribution in [-0.4, -0.2) is 26.8 Å². The summed E-state index contributed by atoms with van der Waals surface area (Å²) >= 11 is 0. The molecular weight excluding hydrogens is 212 g/mol. The molecule has 0 fully saturated rings. The molecule has 0 aliphatic heterocycles. The van der Waals surface area contributed by atoms with E-state index in [9.17, 15) is 9.59 Å². The van der Waals surface area contributed by atoms with Crippen LogP contribution in [0.1, 0.15) is 29.9 Å². The Bertz CT molecular complexity index is 500. The van der Waals surface area contributed by atoms with Crippen LogP contribution in [0.15, 0.2) is 9.90 Å². The van der Waals surface area contributed by atoms with E-state index in [0.717, 1.165) is 0 Å². The van der Waals surface area contributed by atoms with Gasteiger partial charge in [-0.3, -0.25) is 5.43 Å². The number of aromatic carboxylic acids is 1. The minimum absolute atomic E-state index is 0.0602. The summed E-state index contributed by atoms with van der Waals surface area (Å²) in [7, 11) is 0. The lowest BCUT2D eigenvalue weighted by atomic mass is 10.2. The van der Waals surface area contributed by atoms with E-state index in [0.29, 0.717) is 5.71 Å². The molecule has 16 heavy (non-hydrogen) atoms. The molecule has 0 saturated carbocycles. The average Bonchev–Trinajstić information content (AvgIpc) is 2.12. The van der Waals surface area contributed by atoms with Crippen LogP contribution >= 0.6 is 0 Å². The summed E-state index contributed by atoms with van der Waals surface area (Å²) in [5, 5.41) is 12.8. The van der Waals surface area contributed by atoms with Gasteiger partial charge in [0.2, 0.25) is 0 Å². The minimum atomic E-state index is -1.17. The Labute approximate surface area is 91.2 Å². The summed E-state index contributed by atoms with van der Waals surface area (Å²) in [4.78, 5) is 27.9. The lowest BCUT2D eigenvalue weighted by molar-refractivity contribution is 0.0696. The first-order chi connectivity index (χ1) is 7.41. The summed E-state index contributed by atoms with van der Waals surface area (Å²) in [6.45, 7) is 4.95. The number of aromatic nitrogens is 2. The molecule has 0 unspecified atom stereocenters. The fourth-order valence-corrected chi connectivity index (χ4v) is 1.09. The van der Waals surface area contributed by atoms with E-state index in [4.69, 9.17) is 5.11 Å². The third-order valence-electron chi connectivity index (χ3n) is 1.72. The van der Waals surface area contributed by atoms with Gasteiger partial charge in [0.25, 0.3) is 0 Å². The molecule has 7 heteroatoms. The van der Waals surface area contributed by atoms with Crippen LogP contribution in [0.4, 0.5) is 5.82 Å². The molecule has 0 radical (unpaired) electrons. The number of rotatable bonds is 3. The first-order valence-electron chi connectivity index (χ1n) is 4.53. The van der Waals surface area contributed by atoms with Gasteiger partial charge in [-0.1, -0.05) is 0 Å². The Hall–Kier alpha value is -2.18. The molecule has 0 bridgehead atoms. The van der Waals surface area contributed by atoms with Crippen LogP contribution in [0, 0.1) is 6.92 Å².